The van der Waals surface area contributed by atoms with Gasteiger partial charge in [0, 0.05) is 17.8 Å². The highest BCUT2D eigenvalue weighted by atomic mass is 19.1. The summed E-state index contributed by atoms with van der Waals surface area (Å²) >= 11 is 0. The van der Waals surface area contributed by atoms with Crippen LogP contribution in [0.1, 0.15) is 38.5 Å². The minimum Gasteiger partial charge on any atom is -0.505 e. The van der Waals surface area contributed by atoms with Gasteiger partial charge >= 0.3 is 0 Å². The van der Waals surface area contributed by atoms with Crippen LogP contribution in [0.2, 0.25) is 0 Å². The lowest BCUT2D eigenvalue weighted by molar-refractivity contribution is 0.303. The lowest BCUT2D eigenvalue weighted by Crippen LogP contribution is -2.28. The number of aromatic hydroxyl groups is 1. The second-order valence-electron chi connectivity index (χ2n) is 5.77. The summed E-state index contributed by atoms with van der Waals surface area (Å²) < 4.78 is 13.3. The molecule has 2 atom stereocenters. The Morgan fingerprint density at radius 2 is 1.94 bits per heavy atom. The number of phenolic OH excluding ortho intramolecular Hbond substituents is 1. The van der Waals surface area contributed by atoms with Crippen LogP contribution in [0.15, 0.2) is 18.2 Å². The summed E-state index contributed by atoms with van der Waals surface area (Å²) in [5.74, 6) is 1.01. The Hall–Kier alpha value is -1.25. The molecular formula is C15H20FNO. The van der Waals surface area contributed by atoms with Crippen molar-refractivity contribution >= 4 is 5.69 Å². The van der Waals surface area contributed by atoms with E-state index < -0.39 is 5.82 Å². The SMILES string of the molecule is Oc1ccc(NC2CCCC(C3CC3)C2)cc1F. The summed E-state index contributed by atoms with van der Waals surface area (Å²) in [5.41, 5.74) is 0.784. The van der Waals surface area contributed by atoms with E-state index in [2.05, 4.69) is 5.32 Å². The molecule has 0 saturated heterocycles. The number of halogens is 1. The molecule has 2 N–H and O–H groups in total. The van der Waals surface area contributed by atoms with Crippen molar-refractivity contribution in [2.45, 2.75) is 44.6 Å². The Kier molecular flexibility index (Phi) is 3.14. The van der Waals surface area contributed by atoms with Crippen LogP contribution in [0, 0.1) is 17.7 Å². The number of benzene rings is 1. The van der Waals surface area contributed by atoms with Crippen molar-refractivity contribution < 1.29 is 9.50 Å². The maximum atomic E-state index is 13.3. The maximum Gasteiger partial charge on any atom is 0.166 e. The normalized spacial score (nSPS) is 28.1. The second-order valence-corrected chi connectivity index (χ2v) is 5.77. The van der Waals surface area contributed by atoms with E-state index in [9.17, 15) is 4.39 Å². The molecule has 0 bridgehead atoms. The highest BCUT2D eigenvalue weighted by Gasteiger charge is 2.34. The van der Waals surface area contributed by atoms with Crippen LogP contribution in [0.4, 0.5) is 10.1 Å². The van der Waals surface area contributed by atoms with E-state index >= 15 is 0 Å². The first kappa shape index (κ1) is 11.8. The quantitative estimate of drug-likeness (QED) is 0.796. The maximum absolute atomic E-state index is 13.3. The molecule has 2 aliphatic rings. The smallest absolute Gasteiger partial charge is 0.166 e. The number of nitrogens with one attached hydrogen (secondary N) is 1. The fourth-order valence-corrected chi connectivity index (χ4v) is 3.19. The Labute approximate surface area is 107 Å². The van der Waals surface area contributed by atoms with E-state index in [1.54, 1.807) is 6.07 Å². The number of phenols is 1. The first-order valence-electron chi connectivity index (χ1n) is 6.97. The molecule has 0 amide bonds. The van der Waals surface area contributed by atoms with Gasteiger partial charge in [0.1, 0.15) is 0 Å². The number of hydrogen-bond donors (Lipinski definition) is 2. The van der Waals surface area contributed by atoms with Gasteiger partial charge in [0.05, 0.1) is 0 Å². The zero-order chi connectivity index (χ0) is 12.5. The largest absolute Gasteiger partial charge is 0.505 e. The predicted molar refractivity (Wildman–Crippen MR) is 70.2 cm³/mol. The number of anilines is 1. The molecule has 1 aromatic rings. The third-order valence-corrected chi connectivity index (χ3v) is 4.32. The average molecular weight is 249 g/mol. The van der Waals surface area contributed by atoms with Crippen molar-refractivity contribution in [1.29, 1.82) is 0 Å². The van der Waals surface area contributed by atoms with Crippen molar-refractivity contribution in [3.63, 3.8) is 0 Å². The van der Waals surface area contributed by atoms with Crippen LogP contribution in [0.3, 0.4) is 0 Å². The van der Waals surface area contributed by atoms with E-state index in [1.807, 2.05) is 0 Å². The van der Waals surface area contributed by atoms with E-state index in [4.69, 9.17) is 5.11 Å². The fraction of sp³-hybridized carbons (Fsp3) is 0.600. The van der Waals surface area contributed by atoms with Gasteiger partial charge in [0.15, 0.2) is 11.6 Å². The van der Waals surface area contributed by atoms with Crippen LogP contribution < -0.4 is 5.32 Å². The van der Waals surface area contributed by atoms with Gasteiger partial charge < -0.3 is 10.4 Å². The summed E-state index contributed by atoms with van der Waals surface area (Å²) in [7, 11) is 0. The van der Waals surface area contributed by atoms with Gasteiger partial charge in [-0.15, -0.1) is 0 Å². The average Bonchev–Trinajstić information content (AvgIpc) is 3.18. The highest BCUT2D eigenvalue weighted by Crippen LogP contribution is 2.44. The minimum atomic E-state index is -0.547. The minimum absolute atomic E-state index is 0.278. The molecule has 2 saturated carbocycles. The molecule has 1 aromatic carbocycles. The summed E-state index contributed by atoms with van der Waals surface area (Å²) in [6.07, 6.45) is 7.85. The van der Waals surface area contributed by atoms with E-state index in [0.717, 1.165) is 17.5 Å². The summed E-state index contributed by atoms with van der Waals surface area (Å²) in [6.45, 7) is 0. The topological polar surface area (TPSA) is 32.3 Å². The van der Waals surface area contributed by atoms with Crippen molar-refractivity contribution in [3.05, 3.63) is 24.0 Å². The monoisotopic (exact) mass is 249 g/mol. The van der Waals surface area contributed by atoms with Crippen LogP contribution in [0.5, 0.6) is 5.75 Å². The molecular weight excluding hydrogens is 229 g/mol. The summed E-state index contributed by atoms with van der Waals surface area (Å²) in [6, 6.07) is 5.02. The lowest BCUT2D eigenvalue weighted by Gasteiger charge is -2.30. The first-order chi connectivity index (χ1) is 8.72. The molecule has 98 valence electrons. The fourth-order valence-electron chi connectivity index (χ4n) is 3.19. The molecule has 2 nitrogen and oxygen atoms in total. The zero-order valence-electron chi connectivity index (χ0n) is 10.5. The Balaban J connectivity index is 1.62. The van der Waals surface area contributed by atoms with E-state index in [-0.39, 0.29) is 5.75 Å². The van der Waals surface area contributed by atoms with Gasteiger partial charge in [-0.25, -0.2) is 4.39 Å². The molecule has 0 heterocycles. The van der Waals surface area contributed by atoms with Gasteiger partial charge in [-0.1, -0.05) is 12.8 Å². The predicted octanol–water partition coefficient (Wildman–Crippen LogP) is 3.91. The standard InChI is InChI=1S/C15H20FNO/c16-14-9-13(6-7-15(14)18)17-12-3-1-2-11(8-12)10-4-5-10/h6-7,9-12,17-18H,1-5,8H2. The van der Waals surface area contributed by atoms with Gasteiger partial charge in [-0.2, -0.15) is 0 Å². The van der Waals surface area contributed by atoms with Gasteiger partial charge in [0.25, 0.3) is 0 Å². The molecule has 2 fully saturated rings. The lowest BCUT2D eigenvalue weighted by atomic mass is 9.82. The van der Waals surface area contributed by atoms with E-state index in [1.165, 1.54) is 50.7 Å². The highest BCUT2D eigenvalue weighted by molar-refractivity contribution is 5.47. The van der Waals surface area contributed by atoms with Gasteiger partial charge in [-0.3, -0.25) is 0 Å². The summed E-state index contributed by atoms with van der Waals surface area (Å²) in [4.78, 5) is 0. The number of rotatable bonds is 3. The molecule has 0 radical (unpaired) electrons. The number of hydrogen-bond acceptors (Lipinski definition) is 2. The zero-order valence-corrected chi connectivity index (χ0v) is 10.5. The van der Waals surface area contributed by atoms with Crippen LogP contribution in [-0.2, 0) is 0 Å². The molecule has 2 aliphatic carbocycles. The van der Waals surface area contributed by atoms with Crippen molar-refractivity contribution in [3.8, 4) is 5.75 Å². The first-order valence-corrected chi connectivity index (χ1v) is 6.97. The molecule has 18 heavy (non-hydrogen) atoms. The molecule has 2 unspecified atom stereocenters. The van der Waals surface area contributed by atoms with Crippen LogP contribution >= 0.6 is 0 Å². The third kappa shape index (κ3) is 2.60. The summed E-state index contributed by atoms with van der Waals surface area (Å²) in [5, 5.41) is 12.6. The Morgan fingerprint density at radius 3 is 2.67 bits per heavy atom. The van der Waals surface area contributed by atoms with Crippen molar-refractivity contribution in [2.75, 3.05) is 5.32 Å². The van der Waals surface area contributed by atoms with Gasteiger partial charge in [-0.05, 0) is 49.7 Å². The van der Waals surface area contributed by atoms with Crippen molar-refractivity contribution in [1.82, 2.24) is 0 Å². The van der Waals surface area contributed by atoms with Gasteiger partial charge in [0.2, 0.25) is 0 Å². The Bertz CT molecular complexity index is 431. The molecule has 0 spiro atoms. The third-order valence-electron chi connectivity index (χ3n) is 4.32. The second kappa shape index (κ2) is 4.79. The van der Waals surface area contributed by atoms with Crippen molar-refractivity contribution in [2.24, 2.45) is 11.8 Å². The van der Waals surface area contributed by atoms with Crippen LogP contribution in [0.25, 0.3) is 0 Å². The molecule has 3 rings (SSSR count). The Morgan fingerprint density at radius 1 is 1.11 bits per heavy atom. The molecule has 0 aromatic heterocycles. The van der Waals surface area contributed by atoms with Crippen LogP contribution in [-0.4, -0.2) is 11.1 Å². The molecule has 3 heteroatoms. The van der Waals surface area contributed by atoms with E-state index in [0.29, 0.717) is 6.04 Å². The molecule has 0 aliphatic heterocycles.